The zero-order valence-corrected chi connectivity index (χ0v) is 24.8. The first-order chi connectivity index (χ1) is 17.7. The van der Waals surface area contributed by atoms with Crippen molar-refractivity contribution in [2.24, 2.45) is 11.3 Å². The molecule has 3 aromatic heterocycles. The van der Waals surface area contributed by atoms with Gasteiger partial charge >= 0.3 is 0 Å². The van der Waals surface area contributed by atoms with E-state index in [2.05, 4.69) is 51.6 Å². The fourth-order valence-corrected chi connectivity index (χ4v) is 5.59. The van der Waals surface area contributed by atoms with Gasteiger partial charge in [-0.05, 0) is 55.9 Å². The largest absolute Gasteiger partial charge is 0.476 e. The second kappa shape index (κ2) is 11.0. The van der Waals surface area contributed by atoms with Crippen LogP contribution in [-0.4, -0.2) is 52.8 Å². The molecular formula is C26H36N6O5S2. The van der Waals surface area contributed by atoms with Gasteiger partial charge < -0.3 is 14.6 Å². The molecule has 2 N–H and O–H groups in total. The number of ether oxygens (including phenoxy) is 1. The lowest BCUT2D eigenvalue weighted by atomic mass is 9.97. The Bertz CT molecular complexity index is 1510. The third-order valence-corrected chi connectivity index (χ3v) is 7.54. The van der Waals surface area contributed by atoms with Crippen molar-refractivity contribution >= 4 is 35.2 Å². The second-order valence-corrected chi connectivity index (χ2v) is 13.2. The van der Waals surface area contributed by atoms with Crippen molar-refractivity contribution in [1.82, 2.24) is 24.5 Å². The van der Waals surface area contributed by atoms with E-state index in [0.29, 0.717) is 36.6 Å². The van der Waals surface area contributed by atoms with Gasteiger partial charge in [-0.3, -0.25) is 9.59 Å². The first-order valence-electron chi connectivity index (χ1n) is 12.4. The molecule has 0 aromatic carbocycles. The number of hydrogen-bond donors (Lipinski definition) is 2. The third-order valence-electron chi connectivity index (χ3n) is 6.18. The Balaban J connectivity index is 0.00000420. The molecule has 4 rings (SSSR count). The normalized spacial score (nSPS) is 17.0. The summed E-state index contributed by atoms with van der Waals surface area (Å²) in [5.74, 6) is 0.672. The summed E-state index contributed by atoms with van der Waals surface area (Å²) in [5, 5.41) is 4.46. The highest BCUT2D eigenvalue weighted by molar-refractivity contribution is 7.90. The van der Waals surface area contributed by atoms with Crippen molar-refractivity contribution in [2.45, 2.75) is 58.4 Å². The number of pyridine rings is 2. The van der Waals surface area contributed by atoms with Crippen LogP contribution < -0.4 is 19.9 Å². The molecule has 0 bridgehead atoms. The summed E-state index contributed by atoms with van der Waals surface area (Å²) in [5.41, 5.74) is -1.12. The average molecular weight is 577 g/mol. The van der Waals surface area contributed by atoms with E-state index in [1.165, 1.54) is 18.3 Å². The topological polar surface area (TPSA) is 139 Å². The van der Waals surface area contributed by atoms with Gasteiger partial charge in [-0.2, -0.15) is 13.5 Å². The lowest BCUT2D eigenvalue weighted by Gasteiger charge is -2.34. The highest BCUT2D eigenvalue weighted by Gasteiger charge is 2.39. The third kappa shape index (κ3) is 6.82. The molecule has 0 aliphatic carbocycles. The van der Waals surface area contributed by atoms with E-state index in [-0.39, 0.29) is 30.0 Å². The molecule has 0 radical (unpaired) electrons. The standard InChI is InChI=1S/C26H34N6O5S.H2S/c1-17-14-26(5,6)31(15-17)22-18(23(33)30-38(35,36)19-8-7-12-27-24(19)34)9-10-20(28-22)32-13-11-21(29-32)37-16-25(2,3)4;/h7-13,17H,14-16H2,1-6H3,(H,27,34)(H,30,33);1H2/t17-;/m0./s1. The Morgan fingerprint density at radius 3 is 2.56 bits per heavy atom. The van der Waals surface area contributed by atoms with Gasteiger partial charge in [0.2, 0.25) is 5.88 Å². The molecule has 1 fully saturated rings. The van der Waals surface area contributed by atoms with Gasteiger partial charge in [0.1, 0.15) is 5.82 Å². The fourth-order valence-electron chi connectivity index (χ4n) is 4.56. The van der Waals surface area contributed by atoms with Crippen LogP contribution in [0, 0.1) is 11.3 Å². The number of hydrogen-bond acceptors (Lipinski definition) is 8. The van der Waals surface area contributed by atoms with Crippen LogP contribution in [0.1, 0.15) is 58.3 Å². The molecule has 1 amide bonds. The molecule has 1 atom stereocenters. The Kier molecular flexibility index (Phi) is 8.56. The number of rotatable bonds is 7. The number of amides is 1. The minimum Gasteiger partial charge on any atom is -0.476 e. The SMILES string of the molecule is C[C@@H]1CN(c2nc(-n3ccc(OCC(C)(C)C)n3)ccc2C(=O)NS(=O)(=O)c2ccc[nH]c2=O)C(C)(C)C1.S. The van der Waals surface area contributed by atoms with Crippen molar-refractivity contribution in [2.75, 3.05) is 18.1 Å². The molecule has 0 unspecified atom stereocenters. The summed E-state index contributed by atoms with van der Waals surface area (Å²) in [7, 11) is -4.42. The van der Waals surface area contributed by atoms with Gasteiger partial charge in [-0.1, -0.05) is 27.7 Å². The van der Waals surface area contributed by atoms with Gasteiger partial charge in [-0.25, -0.2) is 22.8 Å². The Morgan fingerprint density at radius 2 is 1.95 bits per heavy atom. The minimum absolute atomic E-state index is 0. The van der Waals surface area contributed by atoms with E-state index < -0.39 is 26.4 Å². The average Bonchev–Trinajstić information content (AvgIpc) is 3.39. The highest BCUT2D eigenvalue weighted by Crippen LogP contribution is 2.37. The maximum Gasteiger partial charge on any atom is 0.269 e. The van der Waals surface area contributed by atoms with Crippen LogP contribution in [-0.2, 0) is 10.0 Å². The minimum atomic E-state index is -4.42. The summed E-state index contributed by atoms with van der Waals surface area (Å²) in [6.07, 6.45) is 3.90. The van der Waals surface area contributed by atoms with Crippen LogP contribution >= 0.6 is 13.5 Å². The molecule has 212 valence electrons. The molecule has 0 saturated carbocycles. The summed E-state index contributed by atoms with van der Waals surface area (Å²) in [6, 6.07) is 7.36. The number of carbonyl (C=O) groups excluding carboxylic acids is 1. The molecule has 1 aliphatic heterocycles. The summed E-state index contributed by atoms with van der Waals surface area (Å²) in [4.78, 5) is 33.9. The zero-order valence-electron chi connectivity index (χ0n) is 23.0. The predicted molar refractivity (Wildman–Crippen MR) is 154 cm³/mol. The lowest BCUT2D eigenvalue weighted by molar-refractivity contribution is 0.0981. The Labute approximate surface area is 235 Å². The number of nitrogens with one attached hydrogen (secondary N) is 2. The summed E-state index contributed by atoms with van der Waals surface area (Å²) in [6.45, 7) is 13.5. The molecule has 4 heterocycles. The number of H-pyrrole nitrogens is 1. The quantitative estimate of drug-likeness (QED) is 0.437. The van der Waals surface area contributed by atoms with Gasteiger partial charge in [0.15, 0.2) is 10.7 Å². The van der Waals surface area contributed by atoms with Gasteiger partial charge in [0, 0.05) is 30.5 Å². The monoisotopic (exact) mass is 576 g/mol. The first kappa shape index (κ1) is 30.2. The zero-order chi connectivity index (χ0) is 27.9. The van der Waals surface area contributed by atoms with Crippen molar-refractivity contribution < 1.29 is 17.9 Å². The molecular weight excluding hydrogens is 540 g/mol. The maximum atomic E-state index is 13.3. The van der Waals surface area contributed by atoms with E-state index in [1.807, 2.05) is 9.62 Å². The molecule has 1 saturated heterocycles. The van der Waals surface area contributed by atoms with E-state index in [9.17, 15) is 18.0 Å². The van der Waals surface area contributed by atoms with Crippen molar-refractivity contribution in [3.8, 4) is 11.7 Å². The molecule has 3 aromatic rings. The number of aromatic amines is 1. The van der Waals surface area contributed by atoms with Crippen molar-refractivity contribution in [1.29, 1.82) is 0 Å². The van der Waals surface area contributed by atoms with E-state index in [1.54, 1.807) is 23.0 Å². The van der Waals surface area contributed by atoms with Crippen LogP contribution in [0.5, 0.6) is 5.88 Å². The van der Waals surface area contributed by atoms with Crippen molar-refractivity contribution in [3.63, 3.8) is 0 Å². The molecule has 0 spiro atoms. The van der Waals surface area contributed by atoms with Crippen LogP contribution in [0.2, 0.25) is 0 Å². The fraction of sp³-hybridized carbons (Fsp3) is 0.462. The van der Waals surface area contributed by atoms with E-state index in [4.69, 9.17) is 9.72 Å². The predicted octanol–water partition coefficient (Wildman–Crippen LogP) is 3.24. The highest BCUT2D eigenvalue weighted by atomic mass is 32.2. The van der Waals surface area contributed by atoms with Crippen LogP contribution in [0.15, 0.2) is 52.4 Å². The Morgan fingerprint density at radius 1 is 1.23 bits per heavy atom. The maximum absolute atomic E-state index is 13.3. The first-order valence-corrected chi connectivity index (χ1v) is 13.9. The van der Waals surface area contributed by atoms with Crippen LogP contribution in [0.3, 0.4) is 0 Å². The van der Waals surface area contributed by atoms with Crippen LogP contribution in [0.25, 0.3) is 5.82 Å². The van der Waals surface area contributed by atoms with E-state index in [0.717, 1.165) is 12.5 Å². The number of aromatic nitrogens is 4. The van der Waals surface area contributed by atoms with E-state index >= 15 is 0 Å². The van der Waals surface area contributed by atoms with Gasteiger partial charge in [-0.15, -0.1) is 5.10 Å². The second-order valence-electron chi connectivity index (χ2n) is 11.5. The summed E-state index contributed by atoms with van der Waals surface area (Å²) < 4.78 is 35.1. The number of carbonyl (C=O) groups is 1. The number of anilines is 1. The molecule has 13 heteroatoms. The lowest BCUT2D eigenvalue weighted by Crippen LogP contribution is -2.41. The smallest absolute Gasteiger partial charge is 0.269 e. The van der Waals surface area contributed by atoms with Crippen molar-refractivity contribution in [3.05, 3.63) is 58.6 Å². The molecule has 11 nitrogen and oxygen atoms in total. The summed E-state index contributed by atoms with van der Waals surface area (Å²) >= 11 is 0. The molecule has 39 heavy (non-hydrogen) atoms. The molecule has 1 aliphatic rings. The number of sulfonamides is 1. The van der Waals surface area contributed by atoms with Gasteiger partial charge in [0.25, 0.3) is 21.5 Å². The number of nitrogens with zero attached hydrogens (tertiary/aromatic N) is 4. The Hall–Kier alpha value is -3.32. The van der Waals surface area contributed by atoms with Gasteiger partial charge in [0.05, 0.1) is 12.2 Å². The van der Waals surface area contributed by atoms with Crippen LogP contribution in [0.4, 0.5) is 5.82 Å².